The van der Waals surface area contributed by atoms with Gasteiger partial charge in [-0.1, -0.05) is 55.1 Å². The number of fused-ring (bicyclic) bond motifs is 2. The molecule has 4 heteroatoms. The van der Waals surface area contributed by atoms with Crippen molar-refractivity contribution >= 4 is 28.6 Å². The summed E-state index contributed by atoms with van der Waals surface area (Å²) < 4.78 is 5.83. The van der Waals surface area contributed by atoms with E-state index in [0.29, 0.717) is 5.92 Å². The number of ether oxygens (including phenoxy) is 1. The summed E-state index contributed by atoms with van der Waals surface area (Å²) in [5.41, 5.74) is 5.36. The molecule has 0 spiro atoms. The van der Waals surface area contributed by atoms with Crippen LogP contribution in [0.25, 0.3) is 20.9 Å². The fourth-order valence-corrected chi connectivity index (χ4v) is 6.59. The zero-order chi connectivity index (χ0) is 19.8. The van der Waals surface area contributed by atoms with Crippen LogP contribution in [0, 0.1) is 0 Å². The minimum Gasteiger partial charge on any atom is -0.459 e. The summed E-state index contributed by atoms with van der Waals surface area (Å²) in [6.07, 6.45) is 4.09. The van der Waals surface area contributed by atoms with Crippen molar-refractivity contribution in [2.24, 2.45) is 0 Å². The third-order valence-corrected chi connectivity index (χ3v) is 8.08. The van der Waals surface area contributed by atoms with Crippen molar-refractivity contribution in [2.45, 2.75) is 37.2 Å². The zero-order valence-electron chi connectivity index (χ0n) is 16.0. The lowest BCUT2D eigenvalue weighted by Gasteiger charge is -2.36. The van der Waals surface area contributed by atoms with Crippen LogP contribution in [0.15, 0.2) is 71.9 Å². The highest BCUT2D eigenvalue weighted by atomic mass is 32.1. The predicted octanol–water partition coefficient (Wildman–Crippen LogP) is 7.17. The van der Waals surface area contributed by atoms with Gasteiger partial charge in [0.1, 0.15) is 6.10 Å². The molecule has 146 valence electrons. The van der Waals surface area contributed by atoms with Crippen molar-refractivity contribution < 1.29 is 9.53 Å². The molecule has 5 rings (SSSR count). The van der Waals surface area contributed by atoms with Crippen molar-refractivity contribution in [3.05, 3.63) is 83.1 Å². The Labute approximate surface area is 179 Å². The summed E-state index contributed by atoms with van der Waals surface area (Å²) in [6, 6.07) is 17.5. The number of rotatable bonds is 4. The number of hydrogen-bond donors (Lipinski definition) is 0. The SMILES string of the molecule is C=CC(=O)OC1CCC(c2ccc3cccsc2-3)CC1c1ccc2cccsc1-2. The summed E-state index contributed by atoms with van der Waals surface area (Å²) in [6.45, 7) is 3.58. The number of esters is 1. The molecule has 3 atom stereocenters. The molecule has 3 aliphatic carbocycles. The van der Waals surface area contributed by atoms with Gasteiger partial charge in [-0.2, -0.15) is 0 Å². The summed E-state index contributed by atoms with van der Waals surface area (Å²) in [4.78, 5) is 14.7. The Hall–Kier alpha value is -2.43. The van der Waals surface area contributed by atoms with Crippen LogP contribution in [0.5, 0.6) is 0 Å². The monoisotopic (exact) mass is 418 g/mol. The first-order chi connectivity index (χ1) is 14.2. The topological polar surface area (TPSA) is 26.3 Å². The van der Waals surface area contributed by atoms with E-state index in [1.165, 1.54) is 38.1 Å². The first kappa shape index (κ1) is 18.6. The van der Waals surface area contributed by atoms with Crippen molar-refractivity contribution in [3.8, 4) is 20.9 Å². The van der Waals surface area contributed by atoms with E-state index in [4.69, 9.17) is 4.74 Å². The van der Waals surface area contributed by atoms with Gasteiger partial charge >= 0.3 is 5.97 Å². The maximum atomic E-state index is 12.0. The molecular weight excluding hydrogens is 396 g/mol. The number of carbonyl (C=O) groups is 1. The third-order valence-electron chi connectivity index (χ3n) is 6.07. The minimum absolute atomic E-state index is 0.0975. The highest BCUT2D eigenvalue weighted by molar-refractivity contribution is 7.13. The fourth-order valence-electron chi connectivity index (χ4n) is 4.73. The molecule has 3 unspecified atom stereocenters. The van der Waals surface area contributed by atoms with Gasteiger partial charge in [-0.25, -0.2) is 4.79 Å². The minimum atomic E-state index is -0.320. The van der Waals surface area contributed by atoms with Gasteiger partial charge in [0.2, 0.25) is 0 Å². The van der Waals surface area contributed by atoms with Gasteiger partial charge in [0.05, 0.1) is 0 Å². The molecule has 2 heterocycles. The Morgan fingerprint density at radius 3 is 2.28 bits per heavy atom. The van der Waals surface area contributed by atoms with E-state index in [-0.39, 0.29) is 18.0 Å². The van der Waals surface area contributed by atoms with Crippen LogP contribution >= 0.6 is 22.7 Å². The van der Waals surface area contributed by atoms with Crippen LogP contribution in [0.2, 0.25) is 0 Å². The Bertz CT molecular complexity index is 1090. The van der Waals surface area contributed by atoms with E-state index < -0.39 is 0 Å². The fraction of sp³-hybridized carbons (Fsp3) is 0.240. The molecule has 0 aromatic carbocycles. The van der Waals surface area contributed by atoms with Gasteiger partial charge in [0, 0.05) is 21.7 Å². The van der Waals surface area contributed by atoms with Crippen LogP contribution in [0.4, 0.5) is 0 Å². The van der Waals surface area contributed by atoms with Crippen LogP contribution in [0.3, 0.4) is 0 Å². The van der Waals surface area contributed by atoms with Crippen molar-refractivity contribution in [2.75, 3.05) is 0 Å². The van der Waals surface area contributed by atoms with Crippen molar-refractivity contribution in [1.29, 1.82) is 0 Å². The molecule has 0 radical (unpaired) electrons. The van der Waals surface area contributed by atoms with Crippen LogP contribution in [-0.4, -0.2) is 12.1 Å². The standard InChI is InChI=1S/C25H22O2S2/c1-2-23(26)27-22-12-9-18(19-10-7-16-5-3-13-28-24(16)19)15-21(22)20-11-8-17-6-4-14-29-25(17)20/h2-8,10-11,13-14,18,21-22H,1,9,12,15H2. The molecule has 0 N–H and O–H groups in total. The maximum Gasteiger partial charge on any atom is 0.330 e. The molecule has 0 aromatic rings. The van der Waals surface area contributed by atoms with Gasteiger partial charge in [-0.15, -0.1) is 22.7 Å². The quantitative estimate of drug-likeness (QED) is 0.259. The van der Waals surface area contributed by atoms with Crippen LogP contribution in [-0.2, 0) is 9.53 Å². The molecule has 0 bridgehead atoms. The Morgan fingerprint density at radius 2 is 1.59 bits per heavy atom. The molecular formula is C25H22O2S2. The summed E-state index contributed by atoms with van der Waals surface area (Å²) in [5, 5.41) is 4.29. The maximum absolute atomic E-state index is 12.0. The van der Waals surface area contributed by atoms with E-state index in [1.807, 2.05) is 11.3 Å². The highest BCUT2D eigenvalue weighted by Crippen LogP contribution is 2.49. The molecule has 0 amide bonds. The van der Waals surface area contributed by atoms with Gasteiger partial charge in [-0.3, -0.25) is 0 Å². The molecule has 1 fully saturated rings. The molecule has 0 aromatic heterocycles. The predicted molar refractivity (Wildman–Crippen MR) is 121 cm³/mol. The van der Waals surface area contributed by atoms with E-state index in [1.54, 1.807) is 11.3 Å². The first-order valence-corrected chi connectivity index (χ1v) is 11.8. The van der Waals surface area contributed by atoms with Gasteiger partial charge in [0.25, 0.3) is 0 Å². The van der Waals surface area contributed by atoms with E-state index in [0.717, 1.165) is 19.3 Å². The van der Waals surface area contributed by atoms with Crippen LogP contribution in [0.1, 0.15) is 42.2 Å². The normalized spacial score (nSPS) is 22.0. The van der Waals surface area contributed by atoms with Crippen LogP contribution < -0.4 is 0 Å². The average molecular weight is 419 g/mol. The Morgan fingerprint density at radius 1 is 0.931 bits per heavy atom. The third kappa shape index (κ3) is 3.41. The number of carbonyl (C=O) groups excluding carboxylic acids is 1. The highest BCUT2D eigenvalue weighted by Gasteiger charge is 2.37. The second kappa shape index (κ2) is 7.77. The van der Waals surface area contributed by atoms with Crippen molar-refractivity contribution in [1.82, 2.24) is 0 Å². The summed E-state index contributed by atoms with van der Waals surface area (Å²) in [7, 11) is 0. The van der Waals surface area contributed by atoms with Gasteiger partial charge < -0.3 is 4.74 Å². The molecule has 1 saturated carbocycles. The molecule has 29 heavy (non-hydrogen) atoms. The second-order valence-corrected chi connectivity index (χ2v) is 9.50. The number of hydrogen-bond acceptors (Lipinski definition) is 4. The zero-order valence-corrected chi connectivity index (χ0v) is 17.7. The second-order valence-electron chi connectivity index (χ2n) is 7.67. The van der Waals surface area contributed by atoms with Gasteiger partial charge in [0.15, 0.2) is 0 Å². The smallest absolute Gasteiger partial charge is 0.330 e. The summed E-state index contributed by atoms with van der Waals surface area (Å²) in [5.74, 6) is 0.361. The molecule has 2 nitrogen and oxygen atoms in total. The largest absolute Gasteiger partial charge is 0.459 e. The Kier molecular flexibility index (Phi) is 4.98. The molecule has 0 saturated heterocycles. The lowest BCUT2D eigenvalue weighted by Crippen LogP contribution is -2.31. The first-order valence-electron chi connectivity index (χ1n) is 10.00. The average Bonchev–Trinajstić information content (AvgIpc) is 3.38. The lowest BCUT2D eigenvalue weighted by molar-refractivity contribution is -0.145. The van der Waals surface area contributed by atoms with E-state index in [2.05, 4.69) is 65.9 Å². The summed E-state index contributed by atoms with van der Waals surface area (Å²) >= 11 is 3.60. The molecule has 2 aliphatic heterocycles. The van der Waals surface area contributed by atoms with Gasteiger partial charge in [-0.05, 0) is 58.2 Å². The molecule has 5 aliphatic rings. The Balaban J connectivity index is 1.50. The lowest BCUT2D eigenvalue weighted by atomic mass is 9.74. The van der Waals surface area contributed by atoms with Crippen molar-refractivity contribution in [3.63, 3.8) is 0 Å². The van der Waals surface area contributed by atoms with E-state index in [9.17, 15) is 4.79 Å². The van der Waals surface area contributed by atoms with E-state index >= 15 is 0 Å².